The molecule has 112 valence electrons. The van der Waals surface area contributed by atoms with Crippen LogP contribution in [-0.4, -0.2) is 33.9 Å². The normalized spacial score (nSPS) is 33.6. The second kappa shape index (κ2) is 5.68. The minimum atomic E-state index is -0.696. The van der Waals surface area contributed by atoms with Crippen LogP contribution in [0.5, 0.6) is 0 Å². The maximum Gasteiger partial charge on any atom is 0.325 e. The fourth-order valence-electron chi connectivity index (χ4n) is 3.57. The van der Waals surface area contributed by atoms with Gasteiger partial charge in [0.05, 0.1) is 4.99 Å². The summed E-state index contributed by atoms with van der Waals surface area (Å²) in [6, 6.07) is -0.265. The summed E-state index contributed by atoms with van der Waals surface area (Å²) in [5.41, 5.74) is 4.76. The molecule has 1 heterocycles. The van der Waals surface area contributed by atoms with Crippen molar-refractivity contribution in [3.8, 4) is 0 Å². The molecule has 5 nitrogen and oxygen atoms in total. The highest BCUT2D eigenvalue weighted by molar-refractivity contribution is 7.80. The third kappa shape index (κ3) is 2.41. The number of nitrogens with one attached hydrogen (secondary N) is 1. The molecule has 3 N–H and O–H groups in total. The van der Waals surface area contributed by atoms with Gasteiger partial charge in [0.1, 0.15) is 5.54 Å². The van der Waals surface area contributed by atoms with Crippen LogP contribution in [0.15, 0.2) is 0 Å². The van der Waals surface area contributed by atoms with E-state index in [-0.39, 0.29) is 23.8 Å². The SMILES string of the molecule is CC1CCCC(C)C12NC(=O)N(CCCC(N)=S)C2=O. The molecule has 3 amide bonds. The van der Waals surface area contributed by atoms with Gasteiger partial charge in [0, 0.05) is 6.54 Å². The average Bonchev–Trinajstić information content (AvgIpc) is 2.61. The molecule has 0 radical (unpaired) electrons. The molecule has 1 saturated carbocycles. The molecule has 2 fully saturated rings. The van der Waals surface area contributed by atoms with Gasteiger partial charge in [0.15, 0.2) is 0 Å². The number of hydrogen-bond acceptors (Lipinski definition) is 3. The quantitative estimate of drug-likeness (QED) is 0.613. The highest BCUT2D eigenvalue weighted by Gasteiger charge is 2.57. The lowest BCUT2D eigenvalue weighted by Gasteiger charge is -2.42. The van der Waals surface area contributed by atoms with E-state index in [2.05, 4.69) is 19.2 Å². The molecule has 1 aliphatic carbocycles. The molecule has 0 aromatic heterocycles. The van der Waals surface area contributed by atoms with Crippen molar-refractivity contribution in [3.05, 3.63) is 0 Å². The Hall–Kier alpha value is -1.17. The number of hydrogen-bond donors (Lipinski definition) is 2. The van der Waals surface area contributed by atoms with Crippen LogP contribution in [0.1, 0.15) is 46.0 Å². The molecule has 0 aromatic rings. The number of carbonyl (C=O) groups is 2. The van der Waals surface area contributed by atoms with Crippen LogP contribution >= 0.6 is 12.2 Å². The minimum Gasteiger partial charge on any atom is -0.393 e. The number of carbonyl (C=O) groups excluding carboxylic acids is 2. The number of thiocarbonyl (C=S) groups is 1. The van der Waals surface area contributed by atoms with Gasteiger partial charge in [0.25, 0.3) is 5.91 Å². The Kier molecular flexibility index (Phi) is 4.32. The topological polar surface area (TPSA) is 75.4 Å². The van der Waals surface area contributed by atoms with E-state index in [1.807, 2.05) is 0 Å². The summed E-state index contributed by atoms with van der Waals surface area (Å²) in [6.07, 6.45) is 4.28. The first kappa shape index (κ1) is 15.2. The predicted molar refractivity (Wildman–Crippen MR) is 81.2 cm³/mol. The van der Waals surface area contributed by atoms with Crippen molar-refractivity contribution in [1.29, 1.82) is 0 Å². The maximum absolute atomic E-state index is 12.8. The Morgan fingerprint density at radius 2 is 2.00 bits per heavy atom. The molecule has 2 unspecified atom stereocenters. The fraction of sp³-hybridized carbons (Fsp3) is 0.786. The highest BCUT2D eigenvalue weighted by Crippen LogP contribution is 2.42. The van der Waals surface area contributed by atoms with E-state index >= 15 is 0 Å². The van der Waals surface area contributed by atoms with Crippen molar-refractivity contribution in [2.24, 2.45) is 17.6 Å². The number of imide groups is 1. The van der Waals surface area contributed by atoms with Gasteiger partial charge in [-0.2, -0.15) is 0 Å². The molecule has 0 bridgehead atoms. The molecule has 1 aliphatic heterocycles. The highest BCUT2D eigenvalue weighted by atomic mass is 32.1. The summed E-state index contributed by atoms with van der Waals surface area (Å²) >= 11 is 4.82. The van der Waals surface area contributed by atoms with Crippen LogP contribution in [0.25, 0.3) is 0 Å². The number of nitrogens with zero attached hydrogens (tertiary/aromatic N) is 1. The number of amides is 3. The van der Waals surface area contributed by atoms with Crippen LogP contribution < -0.4 is 11.1 Å². The fourth-order valence-corrected chi connectivity index (χ4v) is 3.71. The van der Waals surface area contributed by atoms with Gasteiger partial charge in [0.2, 0.25) is 0 Å². The average molecular weight is 297 g/mol. The van der Waals surface area contributed by atoms with Crippen LogP contribution in [0.2, 0.25) is 0 Å². The maximum atomic E-state index is 12.8. The van der Waals surface area contributed by atoms with Gasteiger partial charge >= 0.3 is 6.03 Å². The zero-order chi connectivity index (χ0) is 14.9. The summed E-state index contributed by atoms with van der Waals surface area (Å²) in [5.74, 6) is 0.303. The van der Waals surface area contributed by atoms with E-state index in [4.69, 9.17) is 18.0 Å². The first-order valence-corrected chi connectivity index (χ1v) is 7.72. The number of nitrogens with two attached hydrogens (primary N) is 1. The molecule has 2 atom stereocenters. The van der Waals surface area contributed by atoms with Crippen LogP contribution in [0.3, 0.4) is 0 Å². The Bertz CT molecular complexity index is 428. The third-order valence-electron chi connectivity index (χ3n) is 4.79. The van der Waals surface area contributed by atoms with Crippen molar-refractivity contribution in [1.82, 2.24) is 10.2 Å². The Balaban J connectivity index is 2.13. The van der Waals surface area contributed by atoms with Gasteiger partial charge in [-0.3, -0.25) is 9.69 Å². The second-order valence-corrected chi connectivity index (χ2v) is 6.58. The van der Waals surface area contributed by atoms with E-state index < -0.39 is 5.54 Å². The zero-order valence-electron chi connectivity index (χ0n) is 12.1. The Labute approximate surface area is 125 Å². The van der Waals surface area contributed by atoms with Gasteiger partial charge in [-0.05, 0) is 37.5 Å². The summed E-state index contributed by atoms with van der Waals surface area (Å²) < 4.78 is 0. The first-order chi connectivity index (χ1) is 9.39. The molecule has 1 spiro atoms. The standard InChI is InChI=1S/C14H23N3O2S/c1-9-5-3-6-10(2)14(9)12(18)17(13(19)16-14)8-4-7-11(15)20/h9-10H,3-8H2,1-2H3,(H2,15,20)(H,16,19). The van der Waals surface area contributed by atoms with E-state index in [9.17, 15) is 9.59 Å². The largest absolute Gasteiger partial charge is 0.393 e. The number of urea groups is 1. The van der Waals surface area contributed by atoms with Gasteiger partial charge in [-0.1, -0.05) is 32.5 Å². The van der Waals surface area contributed by atoms with Crippen molar-refractivity contribution in [2.75, 3.05) is 6.54 Å². The third-order valence-corrected chi connectivity index (χ3v) is 5.00. The lowest BCUT2D eigenvalue weighted by Crippen LogP contribution is -2.58. The zero-order valence-corrected chi connectivity index (χ0v) is 13.0. The first-order valence-electron chi connectivity index (χ1n) is 7.32. The van der Waals surface area contributed by atoms with Gasteiger partial charge < -0.3 is 11.1 Å². The lowest BCUT2D eigenvalue weighted by atomic mass is 9.67. The summed E-state index contributed by atoms with van der Waals surface area (Å²) in [7, 11) is 0. The molecular formula is C14H23N3O2S. The second-order valence-electron chi connectivity index (χ2n) is 6.06. The van der Waals surface area contributed by atoms with Crippen LogP contribution in [-0.2, 0) is 4.79 Å². The van der Waals surface area contributed by atoms with Gasteiger partial charge in [-0.15, -0.1) is 0 Å². The molecule has 20 heavy (non-hydrogen) atoms. The van der Waals surface area contributed by atoms with E-state index in [0.717, 1.165) is 19.3 Å². The Morgan fingerprint density at radius 3 is 2.55 bits per heavy atom. The minimum absolute atomic E-state index is 0.0647. The Morgan fingerprint density at radius 1 is 1.40 bits per heavy atom. The van der Waals surface area contributed by atoms with E-state index in [0.29, 0.717) is 24.4 Å². The summed E-state index contributed by atoms with van der Waals surface area (Å²) in [5, 5.41) is 2.98. The van der Waals surface area contributed by atoms with Crippen molar-refractivity contribution < 1.29 is 9.59 Å². The molecular weight excluding hydrogens is 274 g/mol. The van der Waals surface area contributed by atoms with Crippen LogP contribution in [0.4, 0.5) is 4.79 Å². The van der Waals surface area contributed by atoms with Crippen molar-refractivity contribution >= 4 is 29.1 Å². The summed E-state index contributed by atoms with van der Waals surface area (Å²) in [6.45, 7) is 4.52. The molecule has 6 heteroatoms. The molecule has 2 rings (SSSR count). The molecule has 1 saturated heterocycles. The molecule has 2 aliphatic rings. The number of rotatable bonds is 4. The predicted octanol–water partition coefficient (Wildman–Crippen LogP) is 1.80. The van der Waals surface area contributed by atoms with Crippen molar-refractivity contribution in [3.63, 3.8) is 0 Å². The van der Waals surface area contributed by atoms with E-state index in [1.54, 1.807) is 0 Å². The summed E-state index contributed by atoms with van der Waals surface area (Å²) in [4.78, 5) is 26.7. The van der Waals surface area contributed by atoms with Gasteiger partial charge in [-0.25, -0.2) is 4.79 Å². The lowest BCUT2D eigenvalue weighted by molar-refractivity contribution is -0.136. The van der Waals surface area contributed by atoms with E-state index in [1.165, 1.54) is 4.90 Å². The monoisotopic (exact) mass is 297 g/mol. The van der Waals surface area contributed by atoms with Crippen molar-refractivity contribution in [2.45, 2.75) is 51.5 Å². The smallest absolute Gasteiger partial charge is 0.325 e. The van der Waals surface area contributed by atoms with Crippen LogP contribution in [0, 0.1) is 11.8 Å². The molecule has 0 aromatic carbocycles.